The number of aryl methyl sites for hydroxylation is 1. The highest BCUT2D eigenvalue weighted by molar-refractivity contribution is 6.06. The Morgan fingerprint density at radius 3 is 2.63 bits per heavy atom. The zero-order chi connectivity index (χ0) is 19.6. The van der Waals surface area contributed by atoms with Crippen LogP contribution in [-0.4, -0.2) is 40.4 Å². The monoisotopic (exact) mass is 370 g/mol. The molecule has 1 aliphatic heterocycles. The van der Waals surface area contributed by atoms with E-state index in [2.05, 4.69) is 5.32 Å². The van der Waals surface area contributed by atoms with Crippen molar-refractivity contribution in [1.82, 2.24) is 4.90 Å². The second-order valence-corrected chi connectivity index (χ2v) is 6.46. The molecule has 0 spiro atoms. The number of benzene rings is 2. The van der Waals surface area contributed by atoms with E-state index in [0.29, 0.717) is 30.6 Å². The van der Waals surface area contributed by atoms with E-state index in [0.717, 1.165) is 0 Å². The molecule has 1 saturated heterocycles. The third-order valence-electron chi connectivity index (χ3n) is 4.65. The summed E-state index contributed by atoms with van der Waals surface area (Å²) < 4.78 is 13.8. The summed E-state index contributed by atoms with van der Waals surface area (Å²) in [7, 11) is 0. The number of aliphatic carboxylic acids is 1. The molecule has 0 radical (unpaired) electrons. The van der Waals surface area contributed by atoms with Crippen molar-refractivity contribution >= 4 is 23.5 Å². The van der Waals surface area contributed by atoms with Crippen LogP contribution < -0.4 is 5.32 Å². The molecule has 6 nitrogen and oxygen atoms in total. The maximum atomic E-state index is 13.8. The van der Waals surface area contributed by atoms with Gasteiger partial charge in [-0.25, -0.2) is 9.18 Å². The van der Waals surface area contributed by atoms with E-state index < -0.39 is 29.6 Å². The Morgan fingerprint density at radius 2 is 1.93 bits per heavy atom. The minimum absolute atomic E-state index is 0.0980. The van der Waals surface area contributed by atoms with Gasteiger partial charge in [-0.1, -0.05) is 18.2 Å². The summed E-state index contributed by atoms with van der Waals surface area (Å²) in [6.07, 6.45) is 1.05. The van der Waals surface area contributed by atoms with Gasteiger partial charge in [0.1, 0.15) is 11.9 Å². The molecule has 7 heteroatoms. The molecule has 0 unspecified atom stereocenters. The van der Waals surface area contributed by atoms with Crippen LogP contribution in [0.1, 0.15) is 39.1 Å². The number of carboxylic acid groups (broad SMARTS) is 1. The average molecular weight is 370 g/mol. The molecule has 27 heavy (non-hydrogen) atoms. The molecule has 0 aromatic heterocycles. The molecule has 2 amide bonds. The summed E-state index contributed by atoms with van der Waals surface area (Å²) in [5.41, 5.74) is 1.25. The van der Waals surface area contributed by atoms with Crippen LogP contribution in [0.3, 0.4) is 0 Å². The van der Waals surface area contributed by atoms with Gasteiger partial charge in [0.25, 0.3) is 11.8 Å². The fourth-order valence-electron chi connectivity index (χ4n) is 3.16. The van der Waals surface area contributed by atoms with Crippen LogP contribution in [0.5, 0.6) is 0 Å². The molecule has 2 aromatic rings. The lowest BCUT2D eigenvalue weighted by Gasteiger charge is -2.22. The number of likely N-dealkylation sites (tertiary alicyclic amines) is 1. The van der Waals surface area contributed by atoms with Crippen molar-refractivity contribution in [3.63, 3.8) is 0 Å². The molecule has 1 heterocycles. The number of carboxylic acids is 1. The van der Waals surface area contributed by atoms with Gasteiger partial charge in [0.15, 0.2) is 0 Å². The average Bonchev–Trinajstić information content (AvgIpc) is 3.13. The van der Waals surface area contributed by atoms with Gasteiger partial charge in [0.2, 0.25) is 0 Å². The number of hydrogen-bond donors (Lipinski definition) is 2. The van der Waals surface area contributed by atoms with Crippen molar-refractivity contribution in [3.8, 4) is 0 Å². The van der Waals surface area contributed by atoms with Crippen LogP contribution in [-0.2, 0) is 4.79 Å². The first kappa shape index (κ1) is 18.6. The number of anilines is 1. The highest BCUT2D eigenvalue weighted by Crippen LogP contribution is 2.24. The van der Waals surface area contributed by atoms with Crippen molar-refractivity contribution in [1.29, 1.82) is 0 Å². The Kier molecular flexibility index (Phi) is 5.21. The number of carbonyl (C=O) groups excluding carboxylic acids is 2. The van der Waals surface area contributed by atoms with E-state index in [1.54, 1.807) is 25.1 Å². The number of carbonyl (C=O) groups is 3. The molecule has 0 saturated carbocycles. The zero-order valence-electron chi connectivity index (χ0n) is 14.7. The fraction of sp³-hybridized carbons (Fsp3) is 0.250. The molecule has 140 valence electrons. The Labute approximate surface area is 155 Å². The standard InChI is InChI=1S/C20H19FN2O4/c1-12-8-9-13(19(25)23-10-4-7-17(23)20(26)27)11-16(12)22-18(24)14-5-2-3-6-15(14)21/h2-3,5-6,8-9,11,17H,4,7,10H2,1H3,(H,22,24)(H,26,27)/t17-/m1/s1. The van der Waals surface area contributed by atoms with Gasteiger partial charge in [0, 0.05) is 17.8 Å². The molecule has 1 atom stereocenters. The van der Waals surface area contributed by atoms with Crippen LogP contribution in [0.2, 0.25) is 0 Å². The summed E-state index contributed by atoms with van der Waals surface area (Å²) in [4.78, 5) is 37.7. The van der Waals surface area contributed by atoms with Crippen LogP contribution >= 0.6 is 0 Å². The van der Waals surface area contributed by atoms with E-state index in [4.69, 9.17) is 0 Å². The Morgan fingerprint density at radius 1 is 1.19 bits per heavy atom. The van der Waals surface area contributed by atoms with Crippen LogP contribution in [0.4, 0.5) is 10.1 Å². The van der Waals surface area contributed by atoms with Gasteiger partial charge in [-0.15, -0.1) is 0 Å². The predicted molar refractivity (Wildman–Crippen MR) is 97.2 cm³/mol. The number of nitrogens with one attached hydrogen (secondary N) is 1. The Bertz CT molecular complexity index is 913. The molecular weight excluding hydrogens is 351 g/mol. The number of rotatable bonds is 4. The largest absolute Gasteiger partial charge is 0.480 e. The summed E-state index contributed by atoms with van der Waals surface area (Å²) in [6.45, 7) is 2.13. The first-order valence-electron chi connectivity index (χ1n) is 8.59. The highest BCUT2D eigenvalue weighted by Gasteiger charge is 2.34. The maximum absolute atomic E-state index is 13.8. The molecule has 2 aromatic carbocycles. The van der Waals surface area contributed by atoms with Gasteiger partial charge in [0.05, 0.1) is 5.56 Å². The van der Waals surface area contributed by atoms with Crippen molar-refractivity contribution < 1.29 is 23.9 Å². The topological polar surface area (TPSA) is 86.7 Å². The number of hydrogen-bond acceptors (Lipinski definition) is 3. The zero-order valence-corrected chi connectivity index (χ0v) is 14.7. The first-order valence-corrected chi connectivity index (χ1v) is 8.59. The van der Waals surface area contributed by atoms with E-state index in [-0.39, 0.29) is 11.1 Å². The van der Waals surface area contributed by atoms with Crippen LogP contribution in [0.15, 0.2) is 42.5 Å². The van der Waals surface area contributed by atoms with Crippen molar-refractivity contribution in [2.75, 3.05) is 11.9 Å². The van der Waals surface area contributed by atoms with Crippen LogP contribution in [0.25, 0.3) is 0 Å². The number of halogens is 1. The van der Waals surface area contributed by atoms with E-state index >= 15 is 0 Å². The summed E-state index contributed by atoms with van der Waals surface area (Å²) in [5.74, 6) is -2.69. The predicted octanol–water partition coefficient (Wildman–Crippen LogP) is 3.08. The van der Waals surface area contributed by atoms with Crippen molar-refractivity contribution in [3.05, 3.63) is 65.0 Å². The van der Waals surface area contributed by atoms with Gasteiger partial charge < -0.3 is 15.3 Å². The molecule has 2 N–H and O–H groups in total. The van der Waals surface area contributed by atoms with Gasteiger partial charge in [-0.2, -0.15) is 0 Å². The van der Waals surface area contributed by atoms with E-state index in [1.807, 2.05) is 0 Å². The van der Waals surface area contributed by atoms with Gasteiger partial charge >= 0.3 is 5.97 Å². The van der Waals surface area contributed by atoms with E-state index in [9.17, 15) is 23.9 Å². The SMILES string of the molecule is Cc1ccc(C(=O)N2CCC[C@@H]2C(=O)O)cc1NC(=O)c1ccccc1F. The Hall–Kier alpha value is -3.22. The lowest BCUT2D eigenvalue weighted by atomic mass is 10.1. The second-order valence-electron chi connectivity index (χ2n) is 6.46. The number of nitrogens with zero attached hydrogens (tertiary/aromatic N) is 1. The summed E-state index contributed by atoms with van der Waals surface area (Å²) in [5, 5.41) is 11.9. The molecule has 0 bridgehead atoms. The fourth-order valence-corrected chi connectivity index (χ4v) is 3.16. The highest BCUT2D eigenvalue weighted by atomic mass is 19.1. The lowest BCUT2D eigenvalue weighted by Crippen LogP contribution is -2.40. The molecule has 1 aliphatic rings. The molecular formula is C20H19FN2O4. The molecule has 1 fully saturated rings. The van der Waals surface area contributed by atoms with Crippen molar-refractivity contribution in [2.24, 2.45) is 0 Å². The third kappa shape index (κ3) is 3.81. The smallest absolute Gasteiger partial charge is 0.326 e. The Balaban J connectivity index is 1.84. The normalized spacial score (nSPS) is 16.2. The minimum Gasteiger partial charge on any atom is -0.480 e. The van der Waals surface area contributed by atoms with Gasteiger partial charge in [-0.05, 0) is 49.6 Å². The van der Waals surface area contributed by atoms with Crippen molar-refractivity contribution in [2.45, 2.75) is 25.8 Å². The molecule has 3 rings (SSSR count). The van der Waals surface area contributed by atoms with Crippen LogP contribution in [0, 0.1) is 12.7 Å². The first-order chi connectivity index (χ1) is 12.9. The number of amides is 2. The molecule has 0 aliphatic carbocycles. The lowest BCUT2D eigenvalue weighted by molar-refractivity contribution is -0.141. The second kappa shape index (κ2) is 7.57. The maximum Gasteiger partial charge on any atom is 0.326 e. The van der Waals surface area contributed by atoms with E-state index in [1.165, 1.54) is 29.2 Å². The summed E-state index contributed by atoms with van der Waals surface area (Å²) in [6, 6.07) is 9.53. The third-order valence-corrected chi connectivity index (χ3v) is 4.65. The minimum atomic E-state index is -1.03. The quantitative estimate of drug-likeness (QED) is 0.866. The summed E-state index contributed by atoms with van der Waals surface area (Å²) >= 11 is 0. The van der Waals surface area contributed by atoms with Gasteiger partial charge in [-0.3, -0.25) is 9.59 Å².